The maximum absolute atomic E-state index is 12.2. The minimum atomic E-state index is -0.562. The Bertz CT molecular complexity index is 763. The van der Waals surface area contributed by atoms with Gasteiger partial charge in [-0.25, -0.2) is 0 Å². The highest BCUT2D eigenvalue weighted by Crippen LogP contribution is 2.27. The summed E-state index contributed by atoms with van der Waals surface area (Å²) in [5.41, 5.74) is 2.35. The SMILES string of the molecule is CCc1ccc(C[NH+](C)CC(=O)Nc2ccc(Cl)cc2[N+](=O)[O-])cc1. The molecule has 1 amide bonds. The number of carbonyl (C=O) groups excluding carboxylic acids is 1. The summed E-state index contributed by atoms with van der Waals surface area (Å²) in [6.45, 7) is 3.00. The Labute approximate surface area is 151 Å². The maximum atomic E-state index is 12.2. The van der Waals surface area contributed by atoms with Gasteiger partial charge in [0.05, 0.1) is 12.0 Å². The standard InChI is InChI=1S/C18H20ClN3O3/c1-3-13-4-6-14(7-5-13)11-21(2)12-18(23)20-16-9-8-15(19)10-17(16)22(24)25/h4-10H,3,11-12H2,1-2H3,(H,20,23)/p+1. The van der Waals surface area contributed by atoms with E-state index in [0.29, 0.717) is 6.54 Å². The first-order valence-electron chi connectivity index (χ1n) is 8.02. The Morgan fingerprint density at radius 2 is 1.84 bits per heavy atom. The predicted octanol–water partition coefficient (Wildman–Crippen LogP) is 2.46. The fraction of sp³-hybridized carbons (Fsp3) is 0.278. The highest BCUT2D eigenvalue weighted by molar-refractivity contribution is 6.31. The van der Waals surface area contributed by atoms with Crippen molar-refractivity contribution >= 4 is 28.9 Å². The number of halogens is 1. The molecule has 0 spiro atoms. The average Bonchev–Trinajstić information content (AvgIpc) is 2.56. The topological polar surface area (TPSA) is 76.7 Å². The number of anilines is 1. The van der Waals surface area contributed by atoms with Crippen LogP contribution < -0.4 is 10.2 Å². The summed E-state index contributed by atoms with van der Waals surface area (Å²) in [5, 5.41) is 13.9. The summed E-state index contributed by atoms with van der Waals surface area (Å²) in [7, 11) is 1.91. The fourth-order valence-electron chi connectivity index (χ4n) is 2.53. The van der Waals surface area contributed by atoms with Crippen LogP contribution in [0.1, 0.15) is 18.1 Å². The van der Waals surface area contributed by atoms with Gasteiger partial charge in [-0.1, -0.05) is 42.8 Å². The molecule has 1 atom stereocenters. The molecule has 0 saturated carbocycles. The number of aryl methyl sites for hydroxylation is 1. The van der Waals surface area contributed by atoms with E-state index in [2.05, 4.69) is 36.5 Å². The summed E-state index contributed by atoms with van der Waals surface area (Å²) < 4.78 is 0. The van der Waals surface area contributed by atoms with Gasteiger partial charge in [-0.05, 0) is 24.1 Å². The van der Waals surface area contributed by atoms with Crippen LogP contribution >= 0.6 is 11.6 Å². The zero-order valence-electron chi connectivity index (χ0n) is 14.2. The lowest BCUT2D eigenvalue weighted by atomic mass is 10.1. The molecule has 0 fully saturated rings. The molecule has 0 radical (unpaired) electrons. The molecule has 2 aromatic rings. The second-order valence-corrected chi connectivity index (χ2v) is 6.38. The van der Waals surface area contributed by atoms with E-state index in [0.717, 1.165) is 16.9 Å². The van der Waals surface area contributed by atoms with Crippen molar-refractivity contribution in [3.8, 4) is 0 Å². The number of rotatable bonds is 7. The van der Waals surface area contributed by atoms with Crippen LogP contribution in [-0.2, 0) is 17.8 Å². The van der Waals surface area contributed by atoms with Crippen LogP contribution in [0.4, 0.5) is 11.4 Å². The van der Waals surface area contributed by atoms with Gasteiger partial charge in [-0.15, -0.1) is 0 Å². The molecule has 0 aliphatic carbocycles. The zero-order chi connectivity index (χ0) is 18.4. The number of likely N-dealkylation sites (N-methyl/N-ethyl adjacent to an activating group) is 1. The molecule has 0 saturated heterocycles. The van der Waals surface area contributed by atoms with Crippen LogP contribution in [0.2, 0.25) is 5.02 Å². The quantitative estimate of drug-likeness (QED) is 0.586. The number of nitro groups is 1. The average molecular weight is 363 g/mol. The number of nitrogens with one attached hydrogen (secondary N) is 2. The Balaban J connectivity index is 1.96. The normalized spacial score (nSPS) is 11.8. The molecule has 132 valence electrons. The van der Waals surface area contributed by atoms with Crippen LogP contribution in [0.5, 0.6) is 0 Å². The van der Waals surface area contributed by atoms with E-state index in [-0.39, 0.29) is 28.8 Å². The van der Waals surface area contributed by atoms with Crippen molar-refractivity contribution in [1.82, 2.24) is 0 Å². The Hall–Kier alpha value is -2.44. The highest BCUT2D eigenvalue weighted by Gasteiger charge is 2.18. The lowest BCUT2D eigenvalue weighted by Gasteiger charge is -2.14. The molecule has 2 rings (SSSR count). The van der Waals surface area contributed by atoms with Crippen molar-refractivity contribution in [1.29, 1.82) is 0 Å². The van der Waals surface area contributed by atoms with E-state index in [9.17, 15) is 14.9 Å². The second-order valence-electron chi connectivity index (χ2n) is 5.95. The molecular weight excluding hydrogens is 342 g/mol. The third-order valence-electron chi connectivity index (χ3n) is 3.83. The van der Waals surface area contributed by atoms with Gasteiger partial charge in [0.2, 0.25) is 0 Å². The largest absolute Gasteiger partial charge is 0.326 e. The monoisotopic (exact) mass is 362 g/mol. The van der Waals surface area contributed by atoms with E-state index in [4.69, 9.17) is 11.6 Å². The first-order chi connectivity index (χ1) is 11.9. The van der Waals surface area contributed by atoms with E-state index in [1.165, 1.54) is 23.8 Å². The summed E-state index contributed by atoms with van der Waals surface area (Å²) in [4.78, 5) is 23.7. The van der Waals surface area contributed by atoms with Gasteiger partial charge in [0, 0.05) is 16.7 Å². The lowest BCUT2D eigenvalue weighted by molar-refractivity contribution is -0.885. The number of hydrogen-bond donors (Lipinski definition) is 2. The molecule has 0 heterocycles. The van der Waals surface area contributed by atoms with E-state index >= 15 is 0 Å². The second kappa shape index (κ2) is 8.60. The van der Waals surface area contributed by atoms with Gasteiger partial charge in [-0.3, -0.25) is 14.9 Å². The molecule has 0 aliphatic rings. The van der Waals surface area contributed by atoms with Gasteiger partial charge in [-0.2, -0.15) is 0 Å². The minimum Gasteiger partial charge on any atom is -0.326 e. The Morgan fingerprint density at radius 1 is 1.20 bits per heavy atom. The molecule has 2 N–H and O–H groups in total. The number of hydrogen-bond acceptors (Lipinski definition) is 3. The summed E-state index contributed by atoms with van der Waals surface area (Å²) in [6, 6.07) is 12.5. The van der Waals surface area contributed by atoms with Crippen molar-refractivity contribution in [3.05, 3.63) is 68.7 Å². The van der Waals surface area contributed by atoms with Crippen LogP contribution in [0, 0.1) is 10.1 Å². The van der Waals surface area contributed by atoms with Gasteiger partial charge in [0.15, 0.2) is 6.54 Å². The number of carbonyl (C=O) groups is 1. The smallest absolute Gasteiger partial charge is 0.294 e. The molecule has 6 nitrogen and oxygen atoms in total. The molecule has 0 aliphatic heterocycles. The fourth-order valence-corrected chi connectivity index (χ4v) is 2.70. The van der Waals surface area contributed by atoms with E-state index in [1.54, 1.807) is 0 Å². The van der Waals surface area contributed by atoms with Crippen molar-refractivity contribution < 1.29 is 14.6 Å². The summed E-state index contributed by atoms with van der Waals surface area (Å²) in [6.07, 6.45) is 0.991. The molecule has 25 heavy (non-hydrogen) atoms. The Morgan fingerprint density at radius 3 is 2.44 bits per heavy atom. The Kier molecular flexibility index (Phi) is 6.50. The number of quaternary nitrogens is 1. The van der Waals surface area contributed by atoms with E-state index in [1.807, 2.05) is 7.05 Å². The molecule has 2 aromatic carbocycles. The molecule has 7 heteroatoms. The lowest BCUT2D eigenvalue weighted by Crippen LogP contribution is -3.08. The summed E-state index contributed by atoms with van der Waals surface area (Å²) in [5.74, 6) is -0.284. The van der Waals surface area contributed by atoms with Crippen molar-refractivity contribution in [2.24, 2.45) is 0 Å². The number of nitro benzene ring substituents is 1. The van der Waals surface area contributed by atoms with Crippen LogP contribution in [-0.4, -0.2) is 24.4 Å². The van der Waals surface area contributed by atoms with Crippen LogP contribution in [0.25, 0.3) is 0 Å². The molecule has 1 unspecified atom stereocenters. The van der Waals surface area contributed by atoms with Gasteiger partial charge in [0.25, 0.3) is 11.6 Å². The van der Waals surface area contributed by atoms with Crippen LogP contribution in [0.15, 0.2) is 42.5 Å². The van der Waals surface area contributed by atoms with Crippen molar-refractivity contribution in [2.75, 3.05) is 18.9 Å². The van der Waals surface area contributed by atoms with Gasteiger partial charge < -0.3 is 10.2 Å². The van der Waals surface area contributed by atoms with Gasteiger partial charge >= 0.3 is 0 Å². The molecule has 0 aromatic heterocycles. The zero-order valence-corrected chi connectivity index (χ0v) is 15.0. The van der Waals surface area contributed by atoms with Gasteiger partial charge in [0.1, 0.15) is 12.2 Å². The number of nitrogens with zero attached hydrogens (tertiary/aromatic N) is 1. The maximum Gasteiger partial charge on any atom is 0.294 e. The van der Waals surface area contributed by atoms with Crippen LogP contribution in [0.3, 0.4) is 0 Å². The molecule has 0 bridgehead atoms. The number of benzene rings is 2. The van der Waals surface area contributed by atoms with Crippen molar-refractivity contribution in [2.45, 2.75) is 19.9 Å². The first-order valence-corrected chi connectivity index (χ1v) is 8.39. The van der Waals surface area contributed by atoms with E-state index < -0.39 is 4.92 Å². The summed E-state index contributed by atoms with van der Waals surface area (Å²) >= 11 is 5.77. The predicted molar refractivity (Wildman–Crippen MR) is 98.0 cm³/mol. The highest BCUT2D eigenvalue weighted by atomic mass is 35.5. The third kappa shape index (κ3) is 5.55. The molecular formula is C18H21ClN3O3+. The minimum absolute atomic E-state index is 0.152. The number of amides is 1. The van der Waals surface area contributed by atoms with Crippen molar-refractivity contribution in [3.63, 3.8) is 0 Å². The first kappa shape index (κ1) is 18.9. The third-order valence-corrected chi connectivity index (χ3v) is 4.07.